The second-order valence-electron chi connectivity index (χ2n) is 36.9. The first-order valence-corrected chi connectivity index (χ1v) is 45.5. The Kier molecular flexibility index (Phi) is 46.9. The highest BCUT2D eigenvalue weighted by molar-refractivity contribution is 5.97. The Labute approximate surface area is 854 Å². The van der Waals surface area contributed by atoms with E-state index in [1.54, 1.807) is 91.0 Å². The molecule has 40 heteroatoms. The number of hydrogen-bond acceptors (Lipinski definition) is 22. The Bertz CT molecular complexity index is 6230. The Morgan fingerprint density at radius 2 is 0.513 bits per heavy atom. The van der Waals surface area contributed by atoms with Gasteiger partial charge in [-0.15, -0.1) is 0 Å². The molecule has 0 radical (unpaired) electrons. The molecule has 0 saturated heterocycles. The fourth-order valence-electron chi connectivity index (χ4n) is 12.0. The van der Waals surface area contributed by atoms with E-state index in [4.69, 9.17) is 56.8 Å². The van der Waals surface area contributed by atoms with Crippen LogP contribution in [-0.2, 0) is 87.5 Å². The topological polar surface area (TPSA) is 281 Å². The number of fused-ring (bicyclic) bond motifs is 3. The second-order valence-corrected chi connectivity index (χ2v) is 36.9. The summed E-state index contributed by atoms with van der Waals surface area (Å²) < 4.78 is 284. The van der Waals surface area contributed by atoms with Gasteiger partial charge < -0.3 is 56.8 Å². The van der Waals surface area contributed by atoms with Crippen LogP contribution in [0, 0.1) is 20.8 Å². The van der Waals surface area contributed by atoms with E-state index >= 15 is 0 Å². The van der Waals surface area contributed by atoms with Crippen molar-refractivity contribution in [1.29, 1.82) is 0 Å². The number of carbonyl (C=O) groups excluding carboxylic acids is 10. The van der Waals surface area contributed by atoms with Crippen molar-refractivity contribution in [2.75, 3.05) is 39.6 Å². The molecule has 0 heterocycles. The zero-order valence-electron chi connectivity index (χ0n) is 84.8. The van der Waals surface area contributed by atoms with Gasteiger partial charge in [-0.25, -0.2) is 47.9 Å². The Morgan fingerprint density at radius 1 is 0.247 bits per heavy atom. The maximum atomic E-state index is 12.5. The maximum Gasteiger partial charge on any atom is 0.422 e. The van der Waals surface area contributed by atoms with Crippen LogP contribution in [0.15, 0.2) is 273 Å². The molecule has 0 amide bonds. The van der Waals surface area contributed by atoms with E-state index in [9.17, 15) is 127 Å². The van der Waals surface area contributed by atoms with Crippen molar-refractivity contribution >= 4 is 92.0 Å². The van der Waals surface area contributed by atoms with Gasteiger partial charge in [0.25, 0.3) is 0 Å². The number of halogens is 18. The van der Waals surface area contributed by atoms with E-state index < -0.39 is 164 Å². The van der Waals surface area contributed by atoms with Crippen LogP contribution in [-0.4, -0.2) is 170 Å². The average Bonchev–Trinajstić information content (AvgIpc) is 0.807. The quantitative estimate of drug-likeness (QED) is 0.0115. The van der Waals surface area contributed by atoms with Gasteiger partial charge in [-0.05, 0) is 190 Å². The Hall–Kier alpha value is -14.6. The lowest BCUT2D eigenvalue weighted by molar-refractivity contribution is -0.165. The van der Waals surface area contributed by atoms with E-state index in [-0.39, 0.29) is 78.2 Å². The summed E-state index contributed by atoms with van der Waals surface area (Å²) in [6.45, 7) is 39.7. The third-order valence-electron chi connectivity index (χ3n) is 21.0. The molecule has 0 aliphatic heterocycles. The number of hydrogen-bond donors (Lipinski definition) is 0. The normalized spacial score (nSPS) is 11.9. The van der Waals surface area contributed by atoms with Crippen LogP contribution in [0.5, 0.6) is 5.75 Å². The van der Waals surface area contributed by atoms with Crippen LogP contribution in [0.3, 0.4) is 0 Å². The molecule has 22 nitrogen and oxygen atoms in total. The molecule has 0 fully saturated rings. The fraction of sp³-hybridized carbons (Fsp3) is 0.364. The standard InChI is InChI=1S/C20H19F3O4.2C20H21F3O3.2C17H19F3O4.C16H17F3O4/c1-13(20(21,22)23)17(24)27-19(2,3)10-11-26-18(25)16-9-8-14-6-4-5-7-15(14)12-16;1-13-9-10-15-7-5-6-8-16(15)17(13)25-12-11-19(3,4)26-18(24)14(2)20(21,22)23;1-14(20(21,22)23)18(24)26-19(2,3)11-12-25-13-16-9-6-8-15-7-4-5-10-17(15)16;1-11-5-7-13(8-6-11)15(22)23-10-9-16(3,4)24-14(21)12(2)17(18,19)20;1-11-6-5-7-13(10-11)15(22)23-9-8-16(3,4)24-14(21)12(2)17(18,19)20;1-11(16(17,18)19)13(20)23-15(2,3)9-10-22-14(21)12-7-5-4-6-8-12/h4-9,12H,1,10-11H2,2-3H3;5-10H,2,11-12H2,1,3-4H3;4-10H,1,11-13H2,2-3H3;5-8H,2,9-10H2,1,3-4H3;5-7,10H,2,8-9H2,1,3-4H3;4-8H,1,9-10H2,2-3H3. The van der Waals surface area contributed by atoms with Crippen molar-refractivity contribution in [3.63, 3.8) is 0 Å². The summed E-state index contributed by atoms with van der Waals surface area (Å²) in [7, 11) is 0. The molecule has 0 aromatic heterocycles. The third kappa shape index (κ3) is 45.2. The summed E-state index contributed by atoms with van der Waals surface area (Å²) in [6.07, 6.45) is -28.3. The highest BCUT2D eigenvalue weighted by Gasteiger charge is 2.46. The summed E-state index contributed by atoms with van der Waals surface area (Å²) in [5.41, 5.74) is -11.2. The number of rotatable bonds is 37. The highest BCUT2D eigenvalue weighted by atomic mass is 19.4. The van der Waals surface area contributed by atoms with Crippen LogP contribution in [0.2, 0.25) is 0 Å². The molecule has 0 aliphatic rings. The molecule has 0 saturated carbocycles. The van der Waals surface area contributed by atoms with Crippen molar-refractivity contribution in [2.24, 2.45) is 0 Å². The van der Waals surface area contributed by atoms with E-state index in [0.717, 1.165) is 54.6 Å². The lowest BCUT2D eigenvalue weighted by atomic mass is 10.0. The molecule has 0 atom stereocenters. The fourth-order valence-corrected chi connectivity index (χ4v) is 12.0. The van der Waals surface area contributed by atoms with E-state index in [1.807, 2.05) is 130 Å². The molecule has 0 unspecified atom stereocenters. The number of ether oxygens (including phenoxy) is 12. The van der Waals surface area contributed by atoms with Gasteiger partial charge in [-0.1, -0.05) is 202 Å². The molecule has 150 heavy (non-hydrogen) atoms. The van der Waals surface area contributed by atoms with Gasteiger partial charge in [0.1, 0.15) is 72.8 Å². The highest BCUT2D eigenvalue weighted by Crippen LogP contribution is 2.37. The summed E-state index contributed by atoms with van der Waals surface area (Å²) >= 11 is 0. The Morgan fingerprint density at radius 3 is 0.873 bits per heavy atom. The van der Waals surface area contributed by atoms with Gasteiger partial charge in [-0.3, -0.25) is 0 Å². The van der Waals surface area contributed by atoms with Gasteiger partial charge >= 0.3 is 96.8 Å². The number of esters is 10. The third-order valence-corrected chi connectivity index (χ3v) is 21.0. The summed E-state index contributed by atoms with van der Waals surface area (Å²) in [5.74, 6) is -10.6. The van der Waals surface area contributed by atoms with E-state index in [1.165, 1.54) is 83.1 Å². The molecular formula is C110H116F18O22. The van der Waals surface area contributed by atoms with Crippen molar-refractivity contribution in [1.82, 2.24) is 0 Å². The lowest BCUT2D eigenvalue weighted by Crippen LogP contribution is -2.33. The number of carbonyl (C=O) groups is 10. The van der Waals surface area contributed by atoms with Crippen LogP contribution < -0.4 is 4.74 Å². The van der Waals surface area contributed by atoms with Gasteiger partial charge in [-0.2, -0.15) is 79.0 Å². The first-order valence-electron chi connectivity index (χ1n) is 45.5. The van der Waals surface area contributed by atoms with Crippen molar-refractivity contribution < 1.29 is 184 Å². The predicted molar refractivity (Wildman–Crippen MR) is 522 cm³/mol. The van der Waals surface area contributed by atoms with Crippen LogP contribution in [0.1, 0.15) is 185 Å². The maximum absolute atomic E-state index is 12.5. The first-order chi connectivity index (χ1) is 69.0. The largest absolute Gasteiger partial charge is 0.493 e. The zero-order chi connectivity index (χ0) is 114. The predicted octanol–water partition coefficient (Wildman–Crippen LogP) is 27.0. The number of benzene rings is 9. The minimum Gasteiger partial charge on any atom is -0.493 e. The zero-order valence-corrected chi connectivity index (χ0v) is 84.8. The van der Waals surface area contributed by atoms with Gasteiger partial charge in [0, 0.05) is 43.9 Å². The average molecular weight is 2130 g/mol. The van der Waals surface area contributed by atoms with Crippen LogP contribution >= 0.6 is 0 Å². The summed E-state index contributed by atoms with van der Waals surface area (Å²) in [5, 5.41) is 6.03. The number of alkyl halides is 18. The number of aryl methyl sites for hydroxylation is 3. The first kappa shape index (κ1) is 128. The van der Waals surface area contributed by atoms with Gasteiger partial charge in [0.2, 0.25) is 0 Å². The van der Waals surface area contributed by atoms with Gasteiger partial charge in [0.15, 0.2) is 0 Å². The smallest absolute Gasteiger partial charge is 0.422 e. The second kappa shape index (κ2) is 55.1. The monoisotopic (exact) mass is 2130 g/mol. The Balaban J connectivity index is 0.000000375. The molecule has 9 aromatic carbocycles. The SMILES string of the molecule is C=C(C(=O)OC(C)(C)CCOC(=O)c1ccc(C)cc1)C(F)(F)F.C=C(C(=O)OC(C)(C)CCOC(=O)c1ccc2ccccc2c1)C(F)(F)F.C=C(C(=O)OC(C)(C)CCOC(=O)c1cccc(C)c1)C(F)(F)F.C=C(C(=O)OC(C)(C)CCOC(=O)c1ccccc1)C(F)(F)F.C=C(C(=O)OC(C)(C)CCOCc1cccc2ccccc12)C(F)(F)F.C=C(C(=O)OC(C)(C)CCOc1c(C)ccc2ccccc12)C(F)(F)F. The van der Waals surface area contributed by atoms with E-state index in [2.05, 4.69) is 39.5 Å². The molecule has 0 bridgehead atoms. The minimum atomic E-state index is -4.85. The molecule has 814 valence electrons. The lowest BCUT2D eigenvalue weighted by Gasteiger charge is -2.26. The van der Waals surface area contributed by atoms with E-state index in [0.29, 0.717) is 34.6 Å². The summed E-state index contributed by atoms with van der Waals surface area (Å²) in [6, 6.07) is 59.9. The van der Waals surface area contributed by atoms with Crippen LogP contribution in [0.4, 0.5) is 79.0 Å². The molecule has 9 aromatic rings. The minimum absolute atomic E-state index is 0.0310. The molecule has 9 rings (SSSR count). The molecule has 0 N–H and O–H groups in total. The molecular weight excluding hydrogens is 2020 g/mol. The van der Waals surface area contributed by atoms with Crippen molar-refractivity contribution in [3.05, 3.63) is 318 Å². The van der Waals surface area contributed by atoms with Crippen molar-refractivity contribution in [2.45, 2.75) is 220 Å². The molecule has 0 spiro atoms. The summed E-state index contributed by atoms with van der Waals surface area (Å²) in [4.78, 5) is 116. The van der Waals surface area contributed by atoms with Gasteiger partial charge in [0.05, 0.1) is 68.5 Å². The van der Waals surface area contributed by atoms with Crippen molar-refractivity contribution in [3.8, 4) is 5.75 Å². The van der Waals surface area contributed by atoms with Crippen LogP contribution in [0.25, 0.3) is 32.3 Å². The molecule has 0 aliphatic carbocycles.